The number of hydrogen-bond donors (Lipinski definition) is 0. The molecule has 0 fully saturated rings. The molecule has 3 rings (SSSR count). The van der Waals surface area contributed by atoms with Crippen LogP contribution in [-0.4, -0.2) is 36.3 Å². The SMILES string of the molecule is COc1cc(OCc2ccccc2)c2c(OC)c(Br)c(C/C=C/CO[Si](C)(C)C(C)(C)C)cc2c1OC. The van der Waals surface area contributed by atoms with Crippen LogP contribution in [0.25, 0.3) is 10.8 Å². The van der Waals surface area contributed by atoms with Crippen LogP contribution in [-0.2, 0) is 17.5 Å². The standard InChI is InChI=1S/C30H39BrO5Si/c1-30(2,3)37(7,8)36-17-13-12-16-22-18-23-26(29(34-6)27(22)31)24(19-25(32-4)28(23)33-5)35-20-21-14-10-9-11-15-21/h9-15,18-19H,16-17,20H2,1-8H3/b13-12+. The van der Waals surface area contributed by atoms with Crippen LogP contribution in [0, 0.1) is 0 Å². The van der Waals surface area contributed by atoms with Gasteiger partial charge in [0.05, 0.1) is 37.8 Å². The summed E-state index contributed by atoms with van der Waals surface area (Å²) in [5.41, 5.74) is 2.14. The Morgan fingerprint density at radius 3 is 2.14 bits per heavy atom. The Balaban J connectivity index is 1.98. The first-order valence-corrected chi connectivity index (χ1v) is 16.1. The van der Waals surface area contributed by atoms with Crippen LogP contribution in [0.15, 0.2) is 59.1 Å². The average molecular weight is 588 g/mol. The Bertz CT molecular complexity index is 1230. The molecular formula is C30H39BrO5Si. The third kappa shape index (κ3) is 6.70. The van der Waals surface area contributed by atoms with E-state index < -0.39 is 8.32 Å². The van der Waals surface area contributed by atoms with E-state index in [9.17, 15) is 0 Å². The topological polar surface area (TPSA) is 46.2 Å². The number of fused-ring (bicyclic) bond motifs is 1. The maximum absolute atomic E-state index is 6.29. The van der Waals surface area contributed by atoms with Crippen molar-refractivity contribution in [1.82, 2.24) is 0 Å². The molecule has 3 aromatic carbocycles. The molecule has 0 N–H and O–H groups in total. The Kier molecular flexibility index (Phi) is 9.72. The minimum absolute atomic E-state index is 0.186. The molecule has 7 heteroatoms. The molecule has 0 radical (unpaired) electrons. The van der Waals surface area contributed by atoms with E-state index in [-0.39, 0.29) is 5.04 Å². The highest BCUT2D eigenvalue weighted by Crippen LogP contribution is 2.49. The van der Waals surface area contributed by atoms with E-state index in [1.54, 1.807) is 21.3 Å². The number of benzene rings is 3. The number of allylic oxidation sites excluding steroid dienone is 1. The normalized spacial score (nSPS) is 12.2. The summed E-state index contributed by atoms with van der Waals surface area (Å²) in [6.45, 7) is 12.3. The highest BCUT2D eigenvalue weighted by molar-refractivity contribution is 9.10. The first-order chi connectivity index (χ1) is 17.5. The van der Waals surface area contributed by atoms with Gasteiger partial charge in [-0.15, -0.1) is 0 Å². The zero-order valence-electron chi connectivity index (χ0n) is 23.2. The highest BCUT2D eigenvalue weighted by Gasteiger charge is 2.36. The molecule has 0 saturated heterocycles. The molecule has 0 aliphatic heterocycles. The summed E-state index contributed by atoms with van der Waals surface area (Å²) in [5, 5.41) is 1.88. The Morgan fingerprint density at radius 1 is 0.865 bits per heavy atom. The van der Waals surface area contributed by atoms with E-state index in [0.717, 1.165) is 26.4 Å². The van der Waals surface area contributed by atoms with Crippen molar-refractivity contribution in [3.05, 3.63) is 70.2 Å². The lowest BCUT2D eigenvalue weighted by Gasteiger charge is -2.35. The molecular weight excluding hydrogens is 548 g/mol. The van der Waals surface area contributed by atoms with Crippen LogP contribution in [0.2, 0.25) is 18.1 Å². The van der Waals surface area contributed by atoms with Gasteiger partial charge in [0.25, 0.3) is 0 Å². The second kappa shape index (κ2) is 12.4. The van der Waals surface area contributed by atoms with E-state index in [4.69, 9.17) is 23.4 Å². The molecule has 0 spiro atoms. The molecule has 0 atom stereocenters. The van der Waals surface area contributed by atoms with Crippen LogP contribution >= 0.6 is 15.9 Å². The van der Waals surface area contributed by atoms with Gasteiger partial charge in [-0.05, 0) is 57.7 Å². The van der Waals surface area contributed by atoms with Crippen molar-refractivity contribution >= 4 is 35.0 Å². The number of ether oxygens (including phenoxy) is 4. The van der Waals surface area contributed by atoms with Crippen molar-refractivity contribution in [3.8, 4) is 23.0 Å². The summed E-state index contributed by atoms with van der Waals surface area (Å²) in [5.74, 6) is 2.61. The summed E-state index contributed by atoms with van der Waals surface area (Å²) >= 11 is 3.79. The zero-order valence-corrected chi connectivity index (χ0v) is 25.8. The van der Waals surface area contributed by atoms with Crippen molar-refractivity contribution in [2.75, 3.05) is 27.9 Å². The van der Waals surface area contributed by atoms with Gasteiger partial charge in [-0.25, -0.2) is 0 Å². The van der Waals surface area contributed by atoms with E-state index in [1.807, 2.05) is 36.4 Å². The number of halogens is 1. The summed E-state index contributed by atoms with van der Waals surface area (Å²) in [6, 6.07) is 14.0. The van der Waals surface area contributed by atoms with Crippen LogP contribution in [0.1, 0.15) is 31.9 Å². The van der Waals surface area contributed by atoms with Crippen molar-refractivity contribution < 1.29 is 23.4 Å². The van der Waals surface area contributed by atoms with Crippen molar-refractivity contribution in [3.63, 3.8) is 0 Å². The highest BCUT2D eigenvalue weighted by atomic mass is 79.9. The predicted octanol–water partition coefficient (Wildman–Crippen LogP) is 8.33. The van der Waals surface area contributed by atoms with Crippen molar-refractivity contribution in [2.45, 2.75) is 51.9 Å². The minimum Gasteiger partial charge on any atom is -0.495 e. The average Bonchev–Trinajstić information content (AvgIpc) is 2.86. The second-order valence-electron chi connectivity index (χ2n) is 10.4. The maximum Gasteiger partial charge on any atom is 0.192 e. The largest absolute Gasteiger partial charge is 0.495 e. The Labute approximate surface area is 231 Å². The first-order valence-electron chi connectivity index (χ1n) is 12.4. The Hall–Kier alpha value is -2.48. The quantitative estimate of drug-likeness (QED) is 0.167. The third-order valence-electron chi connectivity index (χ3n) is 6.99. The summed E-state index contributed by atoms with van der Waals surface area (Å²) in [7, 11) is 3.17. The molecule has 0 saturated carbocycles. The van der Waals surface area contributed by atoms with Gasteiger partial charge in [0.1, 0.15) is 18.1 Å². The molecule has 0 aromatic heterocycles. The van der Waals surface area contributed by atoms with Gasteiger partial charge in [0, 0.05) is 11.5 Å². The number of methoxy groups -OCH3 is 3. The van der Waals surface area contributed by atoms with Gasteiger partial charge >= 0.3 is 0 Å². The minimum atomic E-state index is -1.78. The Morgan fingerprint density at radius 2 is 1.54 bits per heavy atom. The maximum atomic E-state index is 6.29. The summed E-state index contributed by atoms with van der Waals surface area (Å²) < 4.78 is 30.8. The molecule has 3 aromatic rings. The molecule has 37 heavy (non-hydrogen) atoms. The molecule has 0 aliphatic rings. The number of rotatable bonds is 11. The van der Waals surface area contributed by atoms with Gasteiger partial charge in [-0.1, -0.05) is 63.3 Å². The fourth-order valence-corrected chi connectivity index (χ4v) is 5.39. The predicted molar refractivity (Wildman–Crippen MR) is 158 cm³/mol. The smallest absolute Gasteiger partial charge is 0.192 e. The lowest BCUT2D eigenvalue weighted by atomic mass is 10.0. The van der Waals surface area contributed by atoms with E-state index in [0.29, 0.717) is 42.6 Å². The lowest BCUT2D eigenvalue weighted by Crippen LogP contribution is -2.40. The van der Waals surface area contributed by atoms with Gasteiger partial charge < -0.3 is 23.4 Å². The van der Waals surface area contributed by atoms with Crippen LogP contribution < -0.4 is 18.9 Å². The van der Waals surface area contributed by atoms with Crippen LogP contribution in [0.5, 0.6) is 23.0 Å². The molecule has 200 valence electrons. The molecule has 0 heterocycles. The van der Waals surface area contributed by atoms with E-state index in [2.05, 4.69) is 68.0 Å². The van der Waals surface area contributed by atoms with E-state index in [1.165, 1.54) is 0 Å². The van der Waals surface area contributed by atoms with Crippen LogP contribution in [0.4, 0.5) is 0 Å². The molecule has 0 amide bonds. The molecule has 0 unspecified atom stereocenters. The number of hydrogen-bond acceptors (Lipinski definition) is 5. The second-order valence-corrected chi connectivity index (χ2v) is 16.0. The van der Waals surface area contributed by atoms with Gasteiger partial charge in [-0.2, -0.15) is 0 Å². The van der Waals surface area contributed by atoms with Crippen LogP contribution in [0.3, 0.4) is 0 Å². The van der Waals surface area contributed by atoms with Crippen molar-refractivity contribution in [2.24, 2.45) is 0 Å². The fraction of sp³-hybridized carbons (Fsp3) is 0.400. The zero-order chi connectivity index (χ0) is 27.2. The van der Waals surface area contributed by atoms with Gasteiger partial charge in [0.2, 0.25) is 0 Å². The van der Waals surface area contributed by atoms with Gasteiger partial charge in [-0.3, -0.25) is 0 Å². The van der Waals surface area contributed by atoms with Gasteiger partial charge in [0.15, 0.2) is 19.8 Å². The summed E-state index contributed by atoms with van der Waals surface area (Å²) in [6.07, 6.45) is 4.94. The monoisotopic (exact) mass is 586 g/mol. The summed E-state index contributed by atoms with van der Waals surface area (Å²) in [4.78, 5) is 0. The lowest BCUT2D eigenvalue weighted by molar-refractivity contribution is 0.303. The molecule has 5 nitrogen and oxygen atoms in total. The van der Waals surface area contributed by atoms with E-state index >= 15 is 0 Å². The third-order valence-corrected chi connectivity index (χ3v) is 12.4. The van der Waals surface area contributed by atoms with Crippen molar-refractivity contribution in [1.29, 1.82) is 0 Å². The molecule has 0 aliphatic carbocycles. The first kappa shape index (κ1) is 29.1. The fourth-order valence-electron chi connectivity index (χ4n) is 3.80. The molecule has 0 bridgehead atoms.